The number of benzene rings is 2. The molecule has 0 aromatic heterocycles. The molecule has 2 aromatic carbocycles. The van der Waals surface area contributed by atoms with Gasteiger partial charge < -0.3 is 14.5 Å². The maximum Gasteiger partial charge on any atom is 0.410 e. The first-order valence-electron chi connectivity index (χ1n) is 11.6. The maximum absolute atomic E-state index is 13.7. The van der Waals surface area contributed by atoms with E-state index in [-0.39, 0.29) is 18.0 Å². The van der Waals surface area contributed by atoms with Gasteiger partial charge in [0.25, 0.3) is 5.91 Å². The molecule has 1 aliphatic carbocycles. The lowest BCUT2D eigenvalue weighted by Gasteiger charge is -2.41. The Labute approximate surface area is 185 Å². The summed E-state index contributed by atoms with van der Waals surface area (Å²) in [7, 11) is 0. The van der Waals surface area contributed by atoms with Gasteiger partial charge in [-0.25, -0.2) is 4.79 Å². The quantitative estimate of drug-likeness (QED) is 0.645. The third-order valence-electron chi connectivity index (χ3n) is 6.46. The van der Waals surface area contributed by atoms with E-state index in [2.05, 4.69) is 17.0 Å². The van der Waals surface area contributed by atoms with Crippen molar-refractivity contribution in [3.63, 3.8) is 0 Å². The topological polar surface area (TPSA) is 49.9 Å². The third kappa shape index (κ3) is 5.03. The number of ether oxygens (including phenoxy) is 1. The van der Waals surface area contributed by atoms with Crippen LogP contribution in [-0.4, -0.2) is 52.6 Å². The lowest BCUT2D eigenvalue weighted by Crippen LogP contribution is -2.52. The van der Waals surface area contributed by atoms with Crippen LogP contribution in [0.1, 0.15) is 69.7 Å². The summed E-state index contributed by atoms with van der Waals surface area (Å²) in [5.74, 6) is 0.133. The van der Waals surface area contributed by atoms with Crippen LogP contribution in [0.25, 0.3) is 10.8 Å². The minimum atomic E-state index is -0.490. The predicted molar refractivity (Wildman–Crippen MR) is 123 cm³/mol. The molecule has 5 nitrogen and oxygen atoms in total. The van der Waals surface area contributed by atoms with E-state index >= 15 is 0 Å². The van der Waals surface area contributed by atoms with Gasteiger partial charge in [0.05, 0.1) is 0 Å². The SMILES string of the molecule is CC(C)(C)OC(=O)N1CCC(N(C(=O)c2ccc3ccccc3c2)C2CCCC2)CC1. The van der Waals surface area contributed by atoms with Gasteiger partial charge in [0, 0.05) is 30.7 Å². The molecule has 1 saturated carbocycles. The van der Waals surface area contributed by atoms with Gasteiger partial charge in [-0.05, 0) is 69.4 Å². The molecule has 0 bridgehead atoms. The van der Waals surface area contributed by atoms with Crippen molar-refractivity contribution < 1.29 is 14.3 Å². The molecule has 4 rings (SSSR count). The number of hydrogen-bond donors (Lipinski definition) is 0. The Kier molecular flexibility index (Phi) is 6.22. The average molecular weight is 423 g/mol. The fraction of sp³-hybridized carbons (Fsp3) is 0.538. The molecule has 1 heterocycles. The van der Waals surface area contributed by atoms with Crippen LogP contribution in [0.5, 0.6) is 0 Å². The summed E-state index contributed by atoms with van der Waals surface area (Å²) in [6, 6.07) is 14.7. The van der Waals surface area contributed by atoms with Crippen molar-refractivity contribution in [2.45, 2.75) is 77.0 Å². The minimum Gasteiger partial charge on any atom is -0.444 e. The molecular formula is C26H34N2O3. The number of carbonyl (C=O) groups excluding carboxylic acids is 2. The molecule has 2 aliphatic rings. The van der Waals surface area contributed by atoms with Crippen molar-refractivity contribution in [3.05, 3.63) is 48.0 Å². The van der Waals surface area contributed by atoms with Crippen LogP contribution >= 0.6 is 0 Å². The Morgan fingerprint density at radius 2 is 1.52 bits per heavy atom. The number of hydrogen-bond acceptors (Lipinski definition) is 3. The van der Waals surface area contributed by atoms with Crippen molar-refractivity contribution in [2.75, 3.05) is 13.1 Å². The highest BCUT2D eigenvalue weighted by Gasteiger charge is 2.36. The van der Waals surface area contributed by atoms with Gasteiger partial charge in [-0.3, -0.25) is 4.79 Å². The number of piperidine rings is 1. The fourth-order valence-corrected chi connectivity index (χ4v) is 4.94. The number of likely N-dealkylation sites (tertiary alicyclic amines) is 1. The standard InChI is InChI=1S/C26H34N2O3/c1-26(2,3)31-25(30)27-16-14-23(15-17-27)28(22-10-6-7-11-22)24(29)21-13-12-19-8-4-5-9-20(19)18-21/h4-5,8-9,12-13,18,22-23H,6-7,10-11,14-17H2,1-3H3. The smallest absolute Gasteiger partial charge is 0.410 e. The Morgan fingerprint density at radius 1 is 0.903 bits per heavy atom. The second-order valence-corrected chi connectivity index (χ2v) is 9.91. The first kappa shape index (κ1) is 21.7. The van der Waals surface area contributed by atoms with Crippen molar-refractivity contribution in [2.24, 2.45) is 0 Å². The Hall–Kier alpha value is -2.56. The van der Waals surface area contributed by atoms with Gasteiger partial charge in [-0.2, -0.15) is 0 Å². The number of carbonyl (C=O) groups is 2. The summed E-state index contributed by atoms with van der Waals surface area (Å²) < 4.78 is 5.54. The number of nitrogens with zero attached hydrogens (tertiary/aromatic N) is 2. The zero-order chi connectivity index (χ0) is 22.0. The van der Waals surface area contributed by atoms with Crippen LogP contribution in [0, 0.1) is 0 Å². The first-order chi connectivity index (χ1) is 14.8. The summed E-state index contributed by atoms with van der Waals surface area (Å²) in [6.45, 7) is 6.94. The molecule has 1 saturated heterocycles. The summed E-state index contributed by atoms with van der Waals surface area (Å²) in [5, 5.41) is 2.25. The van der Waals surface area contributed by atoms with Gasteiger partial charge in [0.15, 0.2) is 0 Å². The first-order valence-corrected chi connectivity index (χ1v) is 11.6. The zero-order valence-corrected chi connectivity index (χ0v) is 19.0. The van der Waals surface area contributed by atoms with E-state index in [0.29, 0.717) is 19.1 Å². The molecule has 31 heavy (non-hydrogen) atoms. The van der Waals surface area contributed by atoms with E-state index in [1.54, 1.807) is 4.90 Å². The highest BCUT2D eigenvalue weighted by atomic mass is 16.6. The molecule has 1 aliphatic heterocycles. The molecular weight excluding hydrogens is 388 g/mol. The lowest BCUT2D eigenvalue weighted by atomic mass is 9.98. The fourth-order valence-electron chi connectivity index (χ4n) is 4.94. The monoisotopic (exact) mass is 422 g/mol. The summed E-state index contributed by atoms with van der Waals surface area (Å²) >= 11 is 0. The highest BCUT2D eigenvalue weighted by Crippen LogP contribution is 2.31. The van der Waals surface area contributed by atoms with Gasteiger partial charge in [-0.1, -0.05) is 43.2 Å². The molecule has 0 N–H and O–H groups in total. The molecule has 5 heteroatoms. The van der Waals surface area contributed by atoms with E-state index in [1.807, 2.05) is 51.1 Å². The zero-order valence-electron chi connectivity index (χ0n) is 19.0. The van der Waals surface area contributed by atoms with Crippen molar-refractivity contribution in [3.8, 4) is 0 Å². The van der Waals surface area contributed by atoms with Crippen molar-refractivity contribution in [1.82, 2.24) is 9.80 Å². The normalized spacial score (nSPS) is 18.4. The van der Waals surface area contributed by atoms with Crippen LogP contribution < -0.4 is 0 Å². The number of fused-ring (bicyclic) bond motifs is 1. The highest BCUT2D eigenvalue weighted by molar-refractivity contribution is 5.99. The number of rotatable bonds is 3. The Morgan fingerprint density at radius 3 is 2.16 bits per heavy atom. The largest absolute Gasteiger partial charge is 0.444 e. The minimum absolute atomic E-state index is 0.133. The molecule has 2 amide bonds. The van der Waals surface area contributed by atoms with Crippen molar-refractivity contribution >= 4 is 22.8 Å². The summed E-state index contributed by atoms with van der Waals surface area (Å²) in [6.07, 6.45) is 5.87. The van der Waals surface area contributed by atoms with Crippen LogP contribution in [-0.2, 0) is 4.74 Å². The second kappa shape index (κ2) is 8.89. The Balaban J connectivity index is 1.50. The molecule has 0 atom stereocenters. The van der Waals surface area contributed by atoms with E-state index in [4.69, 9.17) is 4.74 Å². The maximum atomic E-state index is 13.7. The average Bonchev–Trinajstić information content (AvgIpc) is 3.27. The van der Waals surface area contributed by atoms with Crippen LogP contribution in [0.4, 0.5) is 4.79 Å². The van der Waals surface area contributed by atoms with E-state index in [0.717, 1.165) is 42.0 Å². The van der Waals surface area contributed by atoms with Gasteiger partial charge in [0.1, 0.15) is 5.60 Å². The van der Waals surface area contributed by atoms with Crippen LogP contribution in [0.15, 0.2) is 42.5 Å². The molecule has 166 valence electrons. The van der Waals surface area contributed by atoms with E-state index in [1.165, 1.54) is 12.8 Å². The van der Waals surface area contributed by atoms with E-state index < -0.39 is 5.60 Å². The second-order valence-electron chi connectivity index (χ2n) is 9.91. The Bertz CT molecular complexity index is 935. The van der Waals surface area contributed by atoms with Gasteiger partial charge >= 0.3 is 6.09 Å². The lowest BCUT2D eigenvalue weighted by molar-refractivity contribution is 0.0117. The molecule has 0 radical (unpaired) electrons. The van der Waals surface area contributed by atoms with Crippen LogP contribution in [0.2, 0.25) is 0 Å². The number of amides is 2. The molecule has 0 unspecified atom stereocenters. The third-order valence-corrected chi connectivity index (χ3v) is 6.46. The summed E-state index contributed by atoms with van der Waals surface area (Å²) in [4.78, 5) is 30.1. The van der Waals surface area contributed by atoms with Gasteiger partial charge in [-0.15, -0.1) is 0 Å². The molecule has 2 fully saturated rings. The van der Waals surface area contributed by atoms with Gasteiger partial charge in [0.2, 0.25) is 0 Å². The summed E-state index contributed by atoms with van der Waals surface area (Å²) in [5.41, 5.74) is 0.274. The van der Waals surface area contributed by atoms with E-state index in [9.17, 15) is 9.59 Å². The van der Waals surface area contributed by atoms with Crippen LogP contribution in [0.3, 0.4) is 0 Å². The molecule has 0 spiro atoms. The predicted octanol–water partition coefficient (Wildman–Crippen LogP) is 5.62. The molecule has 2 aromatic rings. The van der Waals surface area contributed by atoms with Crippen molar-refractivity contribution in [1.29, 1.82) is 0 Å².